The Morgan fingerprint density at radius 2 is 1.88 bits per heavy atom. The third-order valence-electron chi connectivity index (χ3n) is 8.31. The van der Waals surface area contributed by atoms with Crippen molar-refractivity contribution in [2.75, 3.05) is 52.3 Å². The minimum absolute atomic E-state index is 0.0139. The number of nitrogens with one attached hydrogen (secondary N) is 2. The van der Waals surface area contributed by atoms with Crippen molar-refractivity contribution < 1.29 is 23.8 Å². The second kappa shape index (κ2) is 16.9. The van der Waals surface area contributed by atoms with Crippen LogP contribution in [0.15, 0.2) is 24.3 Å². The fraction of sp³-hybridized carbons (Fsp3) is 0.647. The topological polar surface area (TPSA) is 96.0 Å². The zero-order valence-corrected chi connectivity index (χ0v) is 27.1. The first kappa shape index (κ1) is 34.7. The zero-order chi connectivity index (χ0) is 31.4. The molecule has 1 unspecified atom stereocenters. The van der Waals surface area contributed by atoms with Gasteiger partial charge in [0.05, 0.1) is 12.7 Å². The molecule has 1 aromatic heterocycles. The molecule has 3 N–H and O–H groups in total. The van der Waals surface area contributed by atoms with E-state index in [0.29, 0.717) is 24.2 Å². The quantitative estimate of drug-likeness (QED) is 0.216. The number of anilines is 1. The molecule has 1 atom stereocenters. The van der Waals surface area contributed by atoms with Gasteiger partial charge in [-0.15, -0.1) is 0 Å². The molecule has 9 heteroatoms. The van der Waals surface area contributed by atoms with Gasteiger partial charge in [-0.2, -0.15) is 0 Å². The van der Waals surface area contributed by atoms with Crippen LogP contribution in [-0.4, -0.2) is 67.9 Å². The Hall–Kier alpha value is -2.75. The van der Waals surface area contributed by atoms with Crippen molar-refractivity contribution in [3.8, 4) is 5.75 Å². The molecule has 3 heterocycles. The van der Waals surface area contributed by atoms with E-state index in [1.807, 2.05) is 18.7 Å². The summed E-state index contributed by atoms with van der Waals surface area (Å²) >= 11 is 0. The van der Waals surface area contributed by atoms with Crippen molar-refractivity contribution in [3.05, 3.63) is 52.5 Å². The summed E-state index contributed by atoms with van der Waals surface area (Å²) in [6.07, 6.45) is 9.21. The van der Waals surface area contributed by atoms with Crippen molar-refractivity contribution in [2.24, 2.45) is 5.92 Å². The SMILES string of the molecule is CC(C)CNCCCCCc1ccc2c(n1)NCCC2.COc1c(F)cc(C(C)(C)OC)cc1C(C(=O)O)N1CCCC1. The molecule has 2 aliphatic heterocycles. The van der Waals surface area contributed by atoms with Crippen LogP contribution in [0.1, 0.15) is 94.6 Å². The number of carbonyl (C=O) groups is 1. The lowest BCUT2D eigenvalue weighted by Crippen LogP contribution is -2.32. The van der Waals surface area contributed by atoms with Crippen molar-refractivity contribution >= 4 is 11.8 Å². The van der Waals surface area contributed by atoms with Crippen molar-refractivity contribution in [1.29, 1.82) is 0 Å². The lowest BCUT2D eigenvalue weighted by molar-refractivity contribution is -0.143. The highest BCUT2D eigenvalue weighted by atomic mass is 19.1. The number of aryl methyl sites for hydroxylation is 2. The maximum Gasteiger partial charge on any atom is 0.325 e. The summed E-state index contributed by atoms with van der Waals surface area (Å²) in [5, 5.41) is 16.6. The summed E-state index contributed by atoms with van der Waals surface area (Å²) in [6.45, 7) is 12.8. The Balaban J connectivity index is 0.000000238. The number of aliphatic carboxylic acids is 1. The van der Waals surface area contributed by atoms with Gasteiger partial charge in [-0.05, 0) is 120 Å². The lowest BCUT2D eigenvalue weighted by Gasteiger charge is -2.29. The average molecular weight is 601 g/mol. The number of carboxylic acids is 1. The molecule has 0 amide bonds. The molecule has 240 valence electrons. The van der Waals surface area contributed by atoms with E-state index in [1.54, 1.807) is 6.07 Å². The summed E-state index contributed by atoms with van der Waals surface area (Å²) < 4.78 is 25.1. The fourth-order valence-electron chi connectivity index (χ4n) is 5.62. The van der Waals surface area contributed by atoms with Crippen LogP contribution in [0.3, 0.4) is 0 Å². The van der Waals surface area contributed by atoms with E-state index in [1.165, 1.54) is 63.6 Å². The molecule has 0 radical (unpaired) electrons. The predicted molar refractivity (Wildman–Crippen MR) is 170 cm³/mol. The van der Waals surface area contributed by atoms with Gasteiger partial charge in [0, 0.05) is 24.9 Å². The molecule has 1 aromatic carbocycles. The Kier molecular flexibility index (Phi) is 13.7. The molecule has 2 aliphatic rings. The Morgan fingerprint density at radius 3 is 2.53 bits per heavy atom. The Labute approximate surface area is 257 Å². The Bertz CT molecular complexity index is 1170. The number of likely N-dealkylation sites (tertiary alicyclic amines) is 1. The van der Waals surface area contributed by atoms with Gasteiger partial charge >= 0.3 is 5.97 Å². The molecular weight excluding hydrogens is 547 g/mol. The van der Waals surface area contributed by atoms with E-state index in [4.69, 9.17) is 14.5 Å². The van der Waals surface area contributed by atoms with E-state index in [0.717, 1.165) is 50.6 Å². The van der Waals surface area contributed by atoms with Crippen LogP contribution < -0.4 is 15.4 Å². The number of aromatic nitrogens is 1. The van der Waals surface area contributed by atoms with Gasteiger partial charge in [-0.25, -0.2) is 9.37 Å². The molecule has 0 bridgehead atoms. The maximum atomic E-state index is 14.5. The number of hydrogen-bond donors (Lipinski definition) is 3. The zero-order valence-electron chi connectivity index (χ0n) is 27.1. The van der Waals surface area contributed by atoms with Crippen LogP contribution in [0, 0.1) is 11.7 Å². The first-order valence-electron chi connectivity index (χ1n) is 15.9. The number of methoxy groups -OCH3 is 2. The van der Waals surface area contributed by atoms with E-state index in [-0.39, 0.29) is 5.75 Å². The molecule has 0 aliphatic carbocycles. The number of pyridine rings is 1. The molecule has 0 saturated carbocycles. The summed E-state index contributed by atoms with van der Waals surface area (Å²) in [4.78, 5) is 18.4. The number of halogens is 1. The highest BCUT2D eigenvalue weighted by molar-refractivity contribution is 5.77. The highest BCUT2D eigenvalue weighted by Crippen LogP contribution is 2.38. The van der Waals surface area contributed by atoms with Crippen LogP contribution >= 0.6 is 0 Å². The smallest absolute Gasteiger partial charge is 0.325 e. The van der Waals surface area contributed by atoms with Crippen LogP contribution in [0.5, 0.6) is 5.75 Å². The first-order valence-corrected chi connectivity index (χ1v) is 15.9. The maximum absolute atomic E-state index is 14.5. The van der Waals surface area contributed by atoms with Crippen LogP contribution in [0.2, 0.25) is 0 Å². The summed E-state index contributed by atoms with van der Waals surface area (Å²) in [5.41, 5.74) is 2.82. The molecule has 8 nitrogen and oxygen atoms in total. The average Bonchev–Trinajstić information content (AvgIpc) is 3.51. The number of nitrogens with zero attached hydrogens (tertiary/aromatic N) is 2. The lowest BCUT2D eigenvalue weighted by atomic mass is 9.92. The third-order valence-corrected chi connectivity index (χ3v) is 8.31. The minimum Gasteiger partial charge on any atom is -0.493 e. The van der Waals surface area contributed by atoms with E-state index < -0.39 is 23.4 Å². The van der Waals surface area contributed by atoms with Gasteiger partial charge in [0.2, 0.25) is 0 Å². The number of ether oxygens (including phenoxy) is 2. The highest BCUT2D eigenvalue weighted by Gasteiger charge is 2.34. The van der Waals surface area contributed by atoms with Gasteiger partial charge in [0.15, 0.2) is 11.6 Å². The van der Waals surface area contributed by atoms with Crippen LogP contribution in [0.25, 0.3) is 0 Å². The molecule has 0 spiro atoms. The van der Waals surface area contributed by atoms with Crippen LogP contribution in [0.4, 0.5) is 10.2 Å². The molecule has 1 saturated heterocycles. The number of fused-ring (bicyclic) bond motifs is 1. The predicted octanol–water partition coefficient (Wildman–Crippen LogP) is 6.34. The second-order valence-electron chi connectivity index (χ2n) is 12.5. The normalized spacial score (nSPS) is 15.8. The van der Waals surface area contributed by atoms with Gasteiger partial charge in [0.1, 0.15) is 11.9 Å². The number of carboxylic acid groups (broad SMARTS) is 1. The van der Waals surface area contributed by atoms with Gasteiger partial charge in [-0.1, -0.05) is 26.3 Å². The molecular formula is C34H53FN4O4. The fourth-order valence-corrected chi connectivity index (χ4v) is 5.62. The van der Waals surface area contributed by atoms with Crippen molar-refractivity contribution in [2.45, 2.75) is 90.7 Å². The van der Waals surface area contributed by atoms with Crippen molar-refractivity contribution in [3.63, 3.8) is 0 Å². The van der Waals surface area contributed by atoms with Crippen LogP contribution in [-0.2, 0) is 28.0 Å². The van der Waals surface area contributed by atoms with Gasteiger partial charge in [0.25, 0.3) is 0 Å². The van der Waals surface area contributed by atoms with E-state index in [2.05, 4.69) is 36.6 Å². The Morgan fingerprint density at radius 1 is 1.14 bits per heavy atom. The molecule has 4 rings (SSSR count). The molecule has 1 fully saturated rings. The number of unbranched alkanes of at least 4 members (excludes halogenated alkanes) is 2. The number of rotatable bonds is 14. The standard InChI is InChI=1S/C17H24FNO4.C17H29N3/c1-17(2,23-4)11-9-12(15(22-3)13(18)10-11)14(16(20)21)19-7-5-6-8-19;1-14(2)13-18-11-5-3-4-8-16-10-9-15-7-6-12-19-17(15)20-16/h9-10,14H,5-8H2,1-4H3,(H,20,21);9-10,14,18H,3-8,11-13H2,1-2H3,(H,19,20). The van der Waals surface area contributed by atoms with Gasteiger partial charge < -0.3 is 25.2 Å². The summed E-state index contributed by atoms with van der Waals surface area (Å²) in [5.74, 6) is 0.294. The number of benzene rings is 1. The number of hydrogen-bond acceptors (Lipinski definition) is 7. The minimum atomic E-state index is -1.00. The summed E-state index contributed by atoms with van der Waals surface area (Å²) in [7, 11) is 2.89. The summed E-state index contributed by atoms with van der Waals surface area (Å²) in [6, 6.07) is 6.57. The van der Waals surface area contributed by atoms with Gasteiger partial charge in [-0.3, -0.25) is 9.69 Å². The first-order chi connectivity index (χ1) is 20.6. The molecule has 43 heavy (non-hydrogen) atoms. The second-order valence-corrected chi connectivity index (χ2v) is 12.5. The largest absolute Gasteiger partial charge is 0.493 e. The van der Waals surface area contributed by atoms with E-state index in [9.17, 15) is 14.3 Å². The van der Waals surface area contributed by atoms with E-state index >= 15 is 0 Å². The monoisotopic (exact) mass is 600 g/mol. The molecule has 2 aromatic rings. The van der Waals surface area contributed by atoms with Crippen molar-refractivity contribution in [1.82, 2.24) is 15.2 Å². The third kappa shape index (κ3) is 10.2.